The van der Waals surface area contributed by atoms with Crippen LogP contribution in [0.3, 0.4) is 0 Å². The van der Waals surface area contributed by atoms with E-state index in [-0.39, 0.29) is 12.7 Å². The van der Waals surface area contributed by atoms with Gasteiger partial charge in [-0.1, -0.05) is 36.4 Å². The van der Waals surface area contributed by atoms with E-state index in [4.69, 9.17) is 9.47 Å². The van der Waals surface area contributed by atoms with Crippen LogP contribution in [0.25, 0.3) is 10.9 Å². The molecule has 5 heteroatoms. The summed E-state index contributed by atoms with van der Waals surface area (Å²) >= 11 is 0. The molecule has 0 saturated carbocycles. The summed E-state index contributed by atoms with van der Waals surface area (Å²) < 4.78 is 10.9. The highest BCUT2D eigenvalue weighted by atomic mass is 16.7. The van der Waals surface area contributed by atoms with Crippen LogP contribution >= 0.6 is 0 Å². The minimum Gasteiger partial charge on any atom is -0.454 e. The molecule has 3 aromatic rings. The molecule has 0 atom stereocenters. The Morgan fingerprint density at radius 1 is 1.08 bits per heavy atom. The molecule has 0 unspecified atom stereocenters. The molecular formula is C19H16N2O3. The van der Waals surface area contributed by atoms with E-state index in [1.165, 1.54) is 0 Å². The molecule has 0 N–H and O–H groups in total. The smallest absolute Gasteiger partial charge is 0.272 e. The van der Waals surface area contributed by atoms with Gasteiger partial charge in [0.2, 0.25) is 6.79 Å². The standard InChI is InChI=1S/C19H16N2O3/c1-21(11-14-6-4-8-17-18(14)24-12-23-17)19(22)16-10-9-13-5-2-3-7-15(13)20-16/h2-10H,11-12H2,1H3. The van der Waals surface area contributed by atoms with Gasteiger partial charge in [0.25, 0.3) is 5.91 Å². The van der Waals surface area contributed by atoms with Crippen molar-refractivity contribution < 1.29 is 14.3 Å². The zero-order chi connectivity index (χ0) is 16.5. The van der Waals surface area contributed by atoms with Crippen LogP contribution in [0.2, 0.25) is 0 Å². The zero-order valence-electron chi connectivity index (χ0n) is 13.2. The predicted octanol–water partition coefficient (Wildman–Crippen LogP) is 3.24. The van der Waals surface area contributed by atoms with Crippen molar-refractivity contribution in [3.05, 3.63) is 65.9 Å². The van der Waals surface area contributed by atoms with Crippen molar-refractivity contribution >= 4 is 16.8 Å². The maximum absolute atomic E-state index is 12.7. The lowest BCUT2D eigenvalue weighted by atomic mass is 10.1. The number of carbonyl (C=O) groups is 1. The highest BCUT2D eigenvalue weighted by Gasteiger charge is 2.20. The van der Waals surface area contributed by atoms with Gasteiger partial charge >= 0.3 is 0 Å². The minimum absolute atomic E-state index is 0.128. The van der Waals surface area contributed by atoms with Crippen molar-refractivity contribution in [1.82, 2.24) is 9.88 Å². The van der Waals surface area contributed by atoms with Crippen molar-refractivity contribution in [2.75, 3.05) is 13.8 Å². The second-order valence-electron chi connectivity index (χ2n) is 5.70. The first-order valence-corrected chi connectivity index (χ1v) is 7.71. The molecule has 0 bridgehead atoms. The summed E-state index contributed by atoms with van der Waals surface area (Å²) in [6.45, 7) is 0.649. The molecule has 1 aliphatic heterocycles. The molecule has 24 heavy (non-hydrogen) atoms. The van der Waals surface area contributed by atoms with Crippen LogP contribution in [0.5, 0.6) is 11.5 Å². The minimum atomic E-state index is -0.128. The summed E-state index contributed by atoms with van der Waals surface area (Å²) in [5, 5.41) is 1.02. The Labute approximate surface area is 139 Å². The fraction of sp³-hybridized carbons (Fsp3) is 0.158. The second kappa shape index (κ2) is 5.85. The van der Waals surface area contributed by atoms with Crippen LogP contribution in [0, 0.1) is 0 Å². The molecular weight excluding hydrogens is 304 g/mol. The van der Waals surface area contributed by atoms with Crippen molar-refractivity contribution in [3.63, 3.8) is 0 Å². The van der Waals surface area contributed by atoms with E-state index < -0.39 is 0 Å². The van der Waals surface area contributed by atoms with E-state index in [1.807, 2.05) is 48.5 Å². The summed E-state index contributed by atoms with van der Waals surface area (Å²) in [5.41, 5.74) is 2.16. The summed E-state index contributed by atoms with van der Waals surface area (Å²) in [4.78, 5) is 18.8. The largest absolute Gasteiger partial charge is 0.454 e. The molecule has 5 nitrogen and oxygen atoms in total. The monoisotopic (exact) mass is 320 g/mol. The van der Waals surface area contributed by atoms with Crippen LogP contribution in [-0.4, -0.2) is 29.6 Å². The third-order valence-electron chi connectivity index (χ3n) is 4.05. The average molecular weight is 320 g/mol. The molecule has 0 spiro atoms. The third kappa shape index (κ3) is 2.54. The Kier molecular flexibility index (Phi) is 3.54. The van der Waals surface area contributed by atoms with Gasteiger partial charge in [-0.2, -0.15) is 0 Å². The lowest BCUT2D eigenvalue weighted by molar-refractivity contribution is 0.0778. The highest BCUT2D eigenvalue weighted by Crippen LogP contribution is 2.35. The predicted molar refractivity (Wildman–Crippen MR) is 90.1 cm³/mol. The van der Waals surface area contributed by atoms with Crippen molar-refractivity contribution in [2.45, 2.75) is 6.54 Å². The number of ether oxygens (including phenoxy) is 2. The maximum atomic E-state index is 12.7. The Balaban J connectivity index is 1.58. The first-order valence-electron chi connectivity index (χ1n) is 7.71. The van der Waals surface area contributed by atoms with Crippen molar-refractivity contribution in [3.8, 4) is 11.5 Å². The normalized spacial score (nSPS) is 12.4. The Bertz CT molecular complexity index is 923. The fourth-order valence-corrected chi connectivity index (χ4v) is 2.82. The third-order valence-corrected chi connectivity index (χ3v) is 4.05. The topological polar surface area (TPSA) is 51.7 Å². The second-order valence-corrected chi connectivity index (χ2v) is 5.70. The zero-order valence-corrected chi connectivity index (χ0v) is 13.2. The number of hydrogen-bond acceptors (Lipinski definition) is 4. The molecule has 1 aliphatic rings. The van der Waals surface area contributed by atoms with E-state index >= 15 is 0 Å². The first kappa shape index (κ1) is 14.5. The first-order chi connectivity index (χ1) is 11.7. The van der Waals surface area contributed by atoms with Gasteiger partial charge in [-0.15, -0.1) is 0 Å². The van der Waals surface area contributed by atoms with E-state index in [0.717, 1.165) is 22.2 Å². The average Bonchev–Trinajstić information content (AvgIpc) is 3.10. The number of hydrogen-bond donors (Lipinski definition) is 0. The number of pyridine rings is 1. The van der Waals surface area contributed by atoms with E-state index in [2.05, 4.69) is 4.98 Å². The molecule has 0 saturated heterocycles. The Morgan fingerprint density at radius 2 is 1.96 bits per heavy atom. The van der Waals surface area contributed by atoms with E-state index in [1.54, 1.807) is 18.0 Å². The molecule has 1 aromatic heterocycles. The molecule has 0 aliphatic carbocycles. The Hall–Kier alpha value is -3.08. The lowest BCUT2D eigenvalue weighted by Gasteiger charge is -2.18. The number of para-hydroxylation sites is 2. The van der Waals surface area contributed by atoms with Gasteiger partial charge in [-0.3, -0.25) is 4.79 Å². The van der Waals surface area contributed by atoms with Gasteiger partial charge in [0.05, 0.1) is 5.52 Å². The molecule has 0 fully saturated rings. The van der Waals surface area contributed by atoms with Gasteiger partial charge in [-0.05, 0) is 18.2 Å². The molecule has 0 radical (unpaired) electrons. The number of fused-ring (bicyclic) bond motifs is 2. The fourth-order valence-electron chi connectivity index (χ4n) is 2.82. The van der Waals surface area contributed by atoms with Crippen LogP contribution in [-0.2, 0) is 6.54 Å². The number of rotatable bonds is 3. The number of benzene rings is 2. The summed E-state index contributed by atoms with van der Waals surface area (Å²) in [6, 6.07) is 17.1. The number of aromatic nitrogens is 1. The number of amides is 1. The molecule has 2 aromatic carbocycles. The van der Waals surface area contributed by atoms with Crippen LogP contribution in [0.4, 0.5) is 0 Å². The number of nitrogens with zero attached hydrogens (tertiary/aromatic N) is 2. The van der Waals surface area contributed by atoms with Gasteiger partial charge in [-0.25, -0.2) is 4.98 Å². The maximum Gasteiger partial charge on any atom is 0.272 e. The quantitative estimate of drug-likeness (QED) is 0.743. The Morgan fingerprint density at radius 3 is 2.88 bits per heavy atom. The van der Waals surface area contributed by atoms with Crippen LogP contribution in [0.15, 0.2) is 54.6 Å². The van der Waals surface area contributed by atoms with Gasteiger partial charge in [0.1, 0.15) is 5.69 Å². The SMILES string of the molecule is CN(Cc1cccc2c1OCO2)C(=O)c1ccc2ccccc2n1. The van der Waals surface area contributed by atoms with E-state index in [0.29, 0.717) is 18.0 Å². The molecule has 120 valence electrons. The summed E-state index contributed by atoms with van der Waals surface area (Å²) in [6.07, 6.45) is 0. The van der Waals surface area contributed by atoms with Gasteiger partial charge in [0.15, 0.2) is 11.5 Å². The highest BCUT2D eigenvalue weighted by molar-refractivity contribution is 5.94. The summed E-state index contributed by atoms with van der Waals surface area (Å²) in [5.74, 6) is 1.30. The van der Waals surface area contributed by atoms with E-state index in [9.17, 15) is 4.79 Å². The lowest BCUT2D eigenvalue weighted by Crippen LogP contribution is -2.27. The van der Waals surface area contributed by atoms with Gasteiger partial charge < -0.3 is 14.4 Å². The molecule has 4 rings (SSSR count). The van der Waals surface area contributed by atoms with Crippen molar-refractivity contribution in [1.29, 1.82) is 0 Å². The van der Waals surface area contributed by atoms with Gasteiger partial charge in [0, 0.05) is 24.5 Å². The molecule has 2 heterocycles. The van der Waals surface area contributed by atoms with Crippen LogP contribution < -0.4 is 9.47 Å². The van der Waals surface area contributed by atoms with Crippen LogP contribution in [0.1, 0.15) is 16.1 Å². The molecule has 1 amide bonds. The van der Waals surface area contributed by atoms with Crippen molar-refractivity contribution in [2.24, 2.45) is 0 Å². The number of carbonyl (C=O) groups excluding carboxylic acids is 1. The summed E-state index contributed by atoms with van der Waals surface area (Å²) in [7, 11) is 1.76.